The van der Waals surface area contributed by atoms with E-state index in [1.165, 1.54) is 15.6 Å². The minimum absolute atomic E-state index is 0.254. The van der Waals surface area contributed by atoms with Crippen LogP contribution in [0, 0.1) is 5.92 Å². The summed E-state index contributed by atoms with van der Waals surface area (Å²) in [5.74, 6) is 1.36. The largest absolute Gasteiger partial charge is 0.342 e. The van der Waals surface area contributed by atoms with Crippen LogP contribution in [-0.4, -0.2) is 31.8 Å². The summed E-state index contributed by atoms with van der Waals surface area (Å²) in [4.78, 5) is 32.9. The number of aromatic nitrogens is 4. The predicted octanol–water partition coefficient (Wildman–Crippen LogP) is 1.72. The number of aryl methyl sites for hydroxylation is 2. The highest BCUT2D eigenvalue weighted by Crippen LogP contribution is 2.24. The van der Waals surface area contributed by atoms with E-state index in [-0.39, 0.29) is 17.8 Å². The molecule has 0 bridgehead atoms. The van der Waals surface area contributed by atoms with Crippen LogP contribution in [0.1, 0.15) is 25.3 Å². The van der Waals surface area contributed by atoms with E-state index in [1.54, 1.807) is 7.05 Å². The first kappa shape index (κ1) is 17.6. The Bertz CT molecular complexity index is 1090. The second-order valence-electron chi connectivity index (χ2n) is 7.55. The Labute approximate surface area is 157 Å². The number of anilines is 1. The van der Waals surface area contributed by atoms with Gasteiger partial charge in [0.05, 0.1) is 6.54 Å². The third kappa shape index (κ3) is 2.97. The second kappa shape index (κ2) is 6.72. The van der Waals surface area contributed by atoms with Gasteiger partial charge in [0.15, 0.2) is 11.2 Å². The van der Waals surface area contributed by atoms with Crippen LogP contribution in [-0.2, 0) is 20.6 Å². The molecule has 0 saturated carbocycles. The van der Waals surface area contributed by atoms with Crippen molar-refractivity contribution in [2.24, 2.45) is 20.0 Å². The summed E-state index contributed by atoms with van der Waals surface area (Å²) in [5, 5.41) is 0. The standard InChI is InChI=1S/C20H25N5O2/c1-14-8-7-11-24(12-14)19-21-17-16(22(19)2)18(26)25(20(27)23(17)3)13-15-9-5-4-6-10-15/h4-6,9-10,14H,7-8,11-13H2,1-3H3. The lowest BCUT2D eigenvalue weighted by Gasteiger charge is -2.31. The summed E-state index contributed by atoms with van der Waals surface area (Å²) >= 11 is 0. The molecule has 7 heteroatoms. The van der Waals surface area contributed by atoms with Crippen LogP contribution in [0.4, 0.5) is 5.95 Å². The van der Waals surface area contributed by atoms with Gasteiger partial charge in [0.25, 0.3) is 5.56 Å². The first-order valence-electron chi connectivity index (χ1n) is 9.42. The average molecular weight is 367 g/mol. The molecule has 7 nitrogen and oxygen atoms in total. The molecular weight excluding hydrogens is 342 g/mol. The molecular formula is C20H25N5O2. The third-order valence-electron chi connectivity index (χ3n) is 5.46. The van der Waals surface area contributed by atoms with Crippen molar-refractivity contribution < 1.29 is 0 Å². The molecule has 0 radical (unpaired) electrons. The molecule has 1 aliphatic heterocycles. The van der Waals surface area contributed by atoms with Crippen molar-refractivity contribution in [2.75, 3.05) is 18.0 Å². The van der Waals surface area contributed by atoms with Crippen molar-refractivity contribution in [1.29, 1.82) is 0 Å². The maximum absolute atomic E-state index is 13.2. The zero-order chi connectivity index (χ0) is 19.1. The van der Waals surface area contributed by atoms with E-state index in [9.17, 15) is 9.59 Å². The van der Waals surface area contributed by atoms with Crippen molar-refractivity contribution in [2.45, 2.75) is 26.3 Å². The van der Waals surface area contributed by atoms with Gasteiger partial charge in [0, 0.05) is 27.2 Å². The molecule has 3 aromatic rings. The van der Waals surface area contributed by atoms with Gasteiger partial charge in [-0.25, -0.2) is 4.79 Å². The predicted molar refractivity (Wildman–Crippen MR) is 106 cm³/mol. The maximum atomic E-state index is 13.2. The van der Waals surface area contributed by atoms with E-state index >= 15 is 0 Å². The summed E-state index contributed by atoms with van der Waals surface area (Å²) in [6.07, 6.45) is 2.32. The smallest absolute Gasteiger partial charge is 0.332 e. The van der Waals surface area contributed by atoms with E-state index in [0.717, 1.165) is 31.0 Å². The molecule has 1 fully saturated rings. The molecule has 27 heavy (non-hydrogen) atoms. The first-order chi connectivity index (χ1) is 13.0. The van der Waals surface area contributed by atoms with Gasteiger partial charge in [-0.2, -0.15) is 4.98 Å². The SMILES string of the molecule is CC1CCCN(c2nc3c(c(=O)n(Cc4ccccc4)c(=O)n3C)n2C)C1. The average Bonchev–Trinajstić information content (AvgIpc) is 3.02. The molecule has 1 atom stereocenters. The third-order valence-corrected chi connectivity index (χ3v) is 5.46. The fourth-order valence-corrected chi connectivity index (χ4v) is 3.99. The van der Waals surface area contributed by atoms with Gasteiger partial charge in [-0.05, 0) is 24.3 Å². The quantitative estimate of drug-likeness (QED) is 0.707. The van der Waals surface area contributed by atoms with Gasteiger partial charge in [-0.1, -0.05) is 37.3 Å². The van der Waals surface area contributed by atoms with Crippen LogP contribution in [0.15, 0.2) is 39.9 Å². The van der Waals surface area contributed by atoms with Crippen molar-refractivity contribution in [1.82, 2.24) is 18.7 Å². The van der Waals surface area contributed by atoms with Crippen molar-refractivity contribution in [3.8, 4) is 0 Å². The van der Waals surface area contributed by atoms with Gasteiger partial charge < -0.3 is 9.47 Å². The van der Waals surface area contributed by atoms with Crippen LogP contribution in [0.3, 0.4) is 0 Å². The molecule has 0 amide bonds. The highest BCUT2D eigenvalue weighted by Gasteiger charge is 2.24. The summed E-state index contributed by atoms with van der Waals surface area (Å²) in [7, 11) is 3.55. The van der Waals surface area contributed by atoms with Crippen LogP contribution >= 0.6 is 0 Å². The van der Waals surface area contributed by atoms with Crippen molar-refractivity contribution in [3.63, 3.8) is 0 Å². The number of nitrogens with zero attached hydrogens (tertiary/aromatic N) is 5. The highest BCUT2D eigenvalue weighted by molar-refractivity contribution is 5.74. The number of benzene rings is 1. The summed E-state index contributed by atoms with van der Waals surface area (Å²) in [6.45, 7) is 4.33. The number of piperidine rings is 1. The van der Waals surface area contributed by atoms with E-state index in [1.807, 2.05) is 41.9 Å². The molecule has 0 spiro atoms. The number of imidazole rings is 1. The summed E-state index contributed by atoms with van der Waals surface area (Å²) in [5.41, 5.74) is 1.21. The Morgan fingerprint density at radius 3 is 2.56 bits per heavy atom. The molecule has 1 aliphatic rings. The zero-order valence-electron chi connectivity index (χ0n) is 16.1. The Balaban J connectivity index is 1.87. The van der Waals surface area contributed by atoms with Crippen LogP contribution < -0.4 is 16.1 Å². The lowest BCUT2D eigenvalue weighted by Crippen LogP contribution is -2.39. The van der Waals surface area contributed by atoms with E-state index < -0.39 is 0 Å². The lowest BCUT2D eigenvalue weighted by molar-refractivity contribution is 0.440. The Hall–Kier alpha value is -2.83. The van der Waals surface area contributed by atoms with E-state index in [4.69, 9.17) is 0 Å². The number of hydrogen-bond donors (Lipinski definition) is 0. The highest BCUT2D eigenvalue weighted by atomic mass is 16.2. The Morgan fingerprint density at radius 2 is 1.85 bits per heavy atom. The first-order valence-corrected chi connectivity index (χ1v) is 9.42. The summed E-state index contributed by atoms with van der Waals surface area (Å²) in [6, 6.07) is 9.56. The molecule has 0 N–H and O–H groups in total. The van der Waals surface area contributed by atoms with Crippen molar-refractivity contribution in [3.05, 3.63) is 56.7 Å². The molecule has 0 aliphatic carbocycles. The van der Waals surface area contributed by atoms with Crippen LogP contribution in [0.25, 0.3) is 11.2 Å². The van der Waals surface area contributed by atoms with Crippen molar-refractivity contribution >= 4 is 17.1 Å². The maximum Gasteiger partial charge on any atom is 0.332 e. The van der Waals surface area contributed by atoms with Gasteiger partial charge in [0.2, 0.25) is 5.95 Å². The normalized spacial score (nSPS) is 17.6. The number of hydrogen-bond acceptors (Lipinski definition) is 4. The molecule has 1 aromatic carbocycles. The van der Waals surface area contributed by atoms with Gasteiger partial charge >= 0.3 is 5.69 Å². The molecule has 2 aromatic heterocycles. The van der Waals surface area contributed by atoms with Crippen LogP contribution in [0.2, 0.25) is 0 Å². The number of fused-ring (bicyclic) bond motifs is 1. The fourth-order valence-electron chi connectivity index (χ4n) is 3.99. The minimum Gasteiger partial charge on any atom is -0.342 e. The minimum atomic E-state index is -0.340. The molecule has 3 heterocycles. The number of rotatable bonds is 3. The molecule has 4 rings (SSSR count). The van der Waals surface area contributed by atoms with E-state index in [2.05, 4.69) is 16.8 Å². The van der Waals surface area contributed by atoms with Crippen LogP contribution in [0.5, 0.6) is 0 Å². The molecule has 1 unspecified atom stereocenters. The Morgan fingerprint density at radius 1 is 1.11 bits per heavy atom. The fraction of sp³-hybridized carbons (Fsp3) is 0.450. The Kier molecular flexibility index (Phi) is 4.37. The second-order valence-corrected chi connectivity index (χ2v) is 7.55. The monoisotopic (exact) mass is 367 g/mol. The van der Waals surface area contributed by atoms with Gasteiger partial charge in [-0.15, -0.1) is 0 Å². The summed E-state index contributed by atoms with van der Waals surface area (Å²) < 4.78 is 4.62. The molecule has 1 saturated heterocycles. The van der Waals surface area contributed by atoms with Gasteiger partial charge in [-0.3, -0.25) is 13.9 Å². The van der Waals surface area contributed by atoms with Gasteiger partial charge in [0.1, 0.15) is 0 Å². The van der Waals surface area contributed by atoms with E-state index in [0.29, 0.717) is 17.1 Å². The topological polar surface area (TPSA) is 65.1 Å². The lowest BCUT2D eigenvalue weighted by atomic mass is 10.0. The zero-order valence-corrected chi connectivity index (χ0v) is 16.1. The molecule has 142 valence electrons.